The van der Waals surface area contributed by atoms with Crippen LogP contribution in [0.3, 0.4) is 0 Å². The summed E-state index contributed by atoms with van der Waals surface area (Å²) in [5, 5.41) is 19.6. The fraction of sp³-hybridized carbons (Fsp3) is 0.0769. The molecule has 2 rings (SSSR count). The van der Waals surface area contributed by atoms with Crippen LogP contribution in [0.4, 0.5) is 5.69 Å². The third-order valence-electron chi connectivity index (χ3n) is 2.79. The first-order valence-corrected chi connectivity index (χ1v) is 6.54. The topological polar surface area (TPSA) is 102 Å². The van der Waals surface area contributed by atoms with Crippen molar-refractivity contribution < 1.29 is 14.8 Å². The minimum Gasteiger partial charge on any atom is -0.478 e. The third-order valence-corrected chi connectivity index (χ3v) is 3.36. The highest BCUT2D eigenvalue weighted by atomic mass is 79.9. The summed E-state index contributed by atoms with van der Waals surface area (Å²) in [6.07, 6.45) is 1.15. The van der Waals surface area contributed by atoms with Crippen LogP contribution in [-0.4, -0.2) is 20.6 Å². The number of carbonyl (C=O) groups is 1. The molecule has 0 atom stereocenters. The molecule has 1 N–H and O–H groups in total. The Kier molecular flexibility index (Phi) is 4.18. The summed E-state index contributed by atoms with van der Waals surface area (Å²) >= 11 is 2.99. The third kappa shape index (κ3) is 3.34. The van der Waals surface area contributed by atoms with Gasteiger partial charge in [-0.05, 0) is 33.6 Å². The summed E-state index contributed by atoms with van der Waals surface area (Å²) in [5.74, 6) is -1.04. The molecule has 0 saturated heterocycles. The van der Waals surface area contributed by atoms with E-state index in [2.05, 4.69) is 15.9 Å². The number of benzene rings is 1. The molecule has 0 spiro atoms. The Hall–Kier alpha value is -2.48. The van der Waals surface area contributed by atoms with Crippen LogP contribution < -0.4 is 5.56 Å². The molecule has 0 aliphatic rings. The molecule has 0 amide bonds. The van der Waals surface area contributed by atoms with E-state index in [1.807, 2.05) is 0 Å². The Morgan fingerprint density at radius 3 is 2.48 bits per heavy atom. The molecule has 8 heteroatoms. The van der Waals surface area contributed by atoms with Gasteiger partial charge in [-0.1, -0.05) is 12.1 Å². The van der Waals surface area contributed by atoms with Crippen LogP contribution >= 0.6 is 15.9 Å². The number of rotatable bonds is 4. The molecule has 0 aliphatic heterocycles. The SMILES string of the molecule is O=C(O)c1ccc(Cn2cc([N+](=O)[O-])cc(Br)c2=O)cc1. The van der Waals surface area contributed by atoms with Crippen molar-refractivity contribution in [2.75, 3.05) is 0 Å². The number of aromatic nitrogens is 1. The van der Waals surface area contributed by atoms with Gasteiger partial charge in [0.2, 0.25) is 0 Å². The molecule has 0 bridgehead atoms. The monoisotopic (exact) mass is 352 g/mol. The lowest BCUT2D eigenvalue weighted by Crippen LogP contribution is -2.21. The van der Waals surface area contributed by atoms with E-state index in [0.29, 0.717) is 5.56 Å². The van der Waals surface area contributed by atoms with Crippen molar-refractivity contribution in [1.82, 2.24) is 4.57 Å². The lowest BCUT2D eigenvalue weighted by Gasteiger charge is -2.07. The molecule has 1 aromatic heterocycles. The van der Waals surface area contributed by atoms with Crippen molar-refractivity contribution in [1.29, 1.82) is 0 Å². The molecular formula is C13H9BrN2O5. The maximum atomic E-state index is 11.9. The van der Waals surface area contributed by atoms with Gasteiger partial charge in [0.25, 0.3) is 11.2 Å². The summed E-state index contributed by atoms with van der Waals surface area (Å²) in [6.45, 7) is 0.110. The number of aromatic carboxylic acids is 1. The van der Waals surface area contributed by atoms with E-state index in [4.69, 9.17) is 5.11 Å². The number of halogens is 1. The van der Waals surface area contributed by atoms with Gasteiger partial charge in [-0.25, -0.2) is 4.79 Å². The first kappa shape index (κ1) is 14.9. The van der Waals surface area contributed by atoms with Gasteiger partial charge < -0.3 is 9.67 Å². The lowest BCUT2D eigenvalue weighted by atomic mass is 10.1. The maximum absolute atomic E-state index is 11.9. The van der Waals surface area contributed by atoms with Crippen LogP contribution in [0.2, 0.25) is 0 Å². The molecule has 1 heterocycles. The Morgan fingerprint density at radius 1 is 1.33 bits per heavy atom. The van der Waals surface area contributed by atoms with Crippen molar-refractivity contribution in [3.05, 3.63) is 72.6 Å². The summed E-state index contributed by atoms with van der Waals surface area (Å²) in [6, 6.07) is 7.09. The Morgan fingerprint density at radius 2 is 1.95 bits per heavy atom. The summed E-state index contributed by atoms with van der Waals surface area (Å²) < 4.78 is 1.29. The van der Waals surface area contributed by atoms with Gasteiger partial charge in [0, 0.05) is 6.07 Å². The zero-order valence-corrected chi connectivity index (χ0v) is 12.1. The number of hydrogen-bond acceptors (Lipinski definition) is 4. The average molecular weight is 353 g/mol. The first-order valence-electron chi connectivity index (χ1n) is 5.75. The molecule has 0 aliphatic carbocycles. The molecular weight excluding hydrogens is 344 g/mol. The van der Waals surface area contributed by atoms with E-state index in [1.54, 1.807) is 12.1 Å². The predicted octanol–water partition coefficient (Wildman–Crippen LogP) is 2.27. The second-order valence-electron chi connectivity index (χ2n) is 4.24. The highest BCUT2D eigenvalue weighted by molar-refractivity contribution is 9.10. The zero-order chi connectivity index (χ0) is 15.6. The smallest absolute Gasteiger partial charge is 0.335 e. The molecule has 0 radical (unpaired) electrons. The number of nitrogens with zero attached hydrogens (tertiary/aromatic N) is 2. The van der Waals surface area contributed by atoms with E-state index in [9.17, 15) is 19.7 Å². The normalized spacial score (nSPS) is 10.3. The van der Waals surface area contributed by atoms with Gasteiger partial charge in [-0.3, -0.25) is 14.9 Å². The van der Waals surface area contributed by atoms with Crippen molar-refractivity contribution in [3.8, 4) is 0 Å². The van der Waals surface area contributed by atoms with Crippen LogP contribution in [0, 0.1) is 10.1 Å². The summed E-state index contributed by atoms with van der Waals surface area (Å²) in [4.78, 5) is 32.9. The van der Waals surface area contributed by atoms with Crippen molar-refractivity contribution in [2.24, 2.45) is 0 Å². The molecule has 0 unspecified atom stereocenters. The number of carboxylic acids is 1. The Labute approximate surface area is 126 Å². The van der Waals surface area contributed by atoms with Crippen LogP contribution in [0.5, 0.6) is 0 Å². The molecule has 0 saturated carbocycles. The van der Waals surface area contributed by atoms with E-state index in [1.165, 1.54) is 16.7 Å². The quantitative estimate of drug-likeness (QED) is 0.671. The molecule has 108 valence electrons. The van der Waals surface area contributed by atoms with E-state index >= 15 is 0 Å². The lowest BCUT2D eigenvalue weighted by molar-refractivity contribution is -0.385. The number of pyridine rings is 1. The fourth-order valence-electron chi connectivity index (χ4n) is 1.75. The fourth-order valence-corrected chi connectivity index (χ4v) is 2.21. The second-order valence-corrected chi connectivity index (χ2v) is 5.09. The second kappa shape index (κ2) is 5.88. The number of nitro groups is 1. The maximum Gasteiger partial charge on any atom is 0.335 e. The number of hydrogen-bond donors (Lipinski definition) is 1. The van der Waals surface area contributed by atoms with Crippen molar-refractivity contribution in [2.45, 2.75) is 6.54 Å². The minimum atomic E-state index is -1.04. The average Bonchev–Trinajstić information content (AvgIpc) is 2.44. The Bertz CT molecular complexity index is 767. The van der Waals surface area contributed by atoms with Gasteiger partial charge in [-0.2, -0.15) is 0 Å². The van der Waals surface area contributed by atoms with Gasteiger partial charge in [0.1, 0.15) is 0 Å². The summed E-state index contributed by atoms with van der Waals surface area (Å²) in [7, 11) is 0. The first-order chi connectivity index (χ1) is 9.88. The zero-order valence-electron chi connectivity index (χ0n) is 10.5. The van der Waals surface area contributed by atoms with E-state index in [0.717, 1.165) is 12.3 Å². The summed E-state index contributed by atoms with van der Waals surface area (Å²) in [5.41, 5.74) is 0.187. The van der Waals surface area contributed by atoms with Crippen molar-refractivity contribution in [3.63, 3.8) is 0 Å². The van der Waals surface area contributed by atoms with Gasteiger partial charge in [-0.15, -0.1) is 0 Å². The van der Waals surface area contributed by atoms with E-state index in [-0.39, 0.29) is 22.3 Å². The standard InChI is InChI=1S/C13H9BrN2O5/c14-11-5-10(16(20)21)7-15(12(11)17)6-8-1-3-9(4-2-8)13(18)19/h1-5,7H,6H2,(H,18,19). The van der Waals surface area contributed by atoms with Gasteiger partial charge in [0.15, 0.2) is 0 Å². The van der Waals surface area contributed by atoms with Crippen LogP contribution in [0.25, 0.3) is 0 Å². The molecule has 21 heavy (non-hydrogen) atoms. The van der Waals surface area contributed by atoms with Crippen molar-refractivity contribution >= 4 is 27.6 Å². The van der Waals surface area contributed by atoms with Gasteiger partial charge >= 0.3 is 5.97 Å². The molecule has 0 fully saturated rings. The van der Waals surface area contributed by atoms with Crippen LogP contribution in [0.15, 0.2) is 45.8 Å². The molecule has 1 aromatic carbocycles. The van der Waals surface area contributed by atoms with Crippen LogP contribution in [0.1, 0.15) is 15.9 Å². The molecule has 2 aromatic rings. The highest BCUT2D eigenvalue weighted by Crippen LogP contribution is 2.15. The Balaban J connectivity index is 2.37. The number of carboxylic acid groups (broad SMARTS) is 1. The minimum absolute atomic E-state index is 0.0962. The van der Waals surface area contributed by atoms with Crippen LogP contribution in [-0.2, 0) is 6.54 Å². The highest BCUT2D eigenvalue weighted by Gasteiger charge is 2.12. The largest absolute Gasteiger partial charge is 0.478 e. The van der Waals surface area contributed by atoms with Gasteiger partial charge in [0.05, 0.1) is 27.7 Å². The predicted molar refractivity (Wildman–Crippen MR) is 77.6 cm³/mol. The molecule has 7 nitrogen and oxygen atoms in total. The van der Waals surface area contributed by atoms with E-state index < -0.39 is 16.5 Å².